The first-order valence-corrected chi connectivity index (χ1v) is 6.48. The third-order valence-corrected chi connectivity index (χ3v) is 2.35. The zero-order chi connectivity index (χ0) is 16.2. The Morgan fingerprint density at radius 3 is 1.58 bits per heavy atom. The van der Waals surface area contributed by atoms with Crippen molar-refractivity contribution in [1.82, 2.24) is 15.3 Å². The molecule has 2 aromatic heterocycles. The molecule has 2 aromatic rings. The molecule has 7 nitrogen and oxygen atoms in total. The summed E-state index contributed by atoms with van der Waals surface area (Å²) in [6.45, 7) is -0.929. The molecule has 0 aliphatic heterocycles. The molecule has 0 fully saturated rings. The minimum absolute atomic E-state index is 0. The number of aromatic nitrogens is 2. The van der Waals surface area contributed by atoms with E-state index < -0.39 is 25.0 Å². The predicted molar refractivity (Wildman–Crippen MR) is 74.2 cm³/mol. The predicted octanol–water partition coefficient (Wildman–Crippen LogP) is -4.86. The van der Waals surface area contributed by atoms with Gasteiger partial charge in [-0.1, -0.05) is 12.1 Å². The van der Waals surface area contributed by atoms with Crippen molar-refractivity contribution < 1.29 is 51.7 Å². The van der Waals surface area contributed by atoms with E-state index in [1.54, 1.807) is 12.4 Å². The van der Waals surface area contributed by atoms with Crippen molar-refractivity contribution in [2.75, 3.05) is 13.1 Å². The molecule has 0 saturated heterocycles. The van der Waals surface area contributed by atoms with Crippen LogP contribution in [0.15, 0.2) is 48.8 Å². The smallest absolute Gasteiger partial charge is 1.00 e. The van der Waals surface area contributed by atoms with E-state index in [0.717, 1.165) is 17.8 Å². The number of hydrogen-bond donors (Lipinski definition) is 1. The molecule has 0 amide bonds. The molecule has 0 spiro atoms. The average Bonchev–Trinajstić information content (AvgIpc) is 2.49. The van der Waals surface area contributed by atoms with Crippen LogP contribution in [-0.2, 0) is 35.5 Å². The minimum Gasteiger partial charge on any atom is -1.00 e. The number of carboxylic acid groups (broad SMARTS) is 2. The number of halogens is 1. The van der Waals surface area contributed by atoms with Crippen LogP contribution in [0.25, 0.3) is 0 Å². The average molecular weight is 438 g/mol. The minimum atomic E-state index is -1.34. The molecule has 129 valence electrons. The molecule has 24 heavy (non-hydrogen) atoms. The van der Waals surface area contributed by atoms with Gasteiger partial charge in [-0.05, 0) is 24.3 Å². The van der Waals surface area contributed by atoms with Crippen LogP contribution in [-0.4, -0.2) is 35.0 Å². The third kappa shape index (κ3) is 12.6. The summed E-state index contributed by atoms with van der Waals surface area (Å²) in [5.41, 5.74) is 2.11. The molecule has 0 bridgehead atoms. The second kappa shape index (κ2) is 14.7. The van der Waals surface area contributed by atoms with Gasteiger partial charge >= 0.3 is 19.5 Å². The van der Waals surface area contributed by atoms with Gasteiger partial charge in [-0.3, -0.25) is 9.97 Å². The number of aliphatic carboxylic acids is 2. The Morgan fingerprint density at radius 2 is 1.29 bits per heavy atom. The fourth-order valence-corrected chi connectivity index (χ4v) is 1.46. The molecule has 0 aromatic carbocycles. The van der Waals surface area contributed by atoms with Crippen LogP contribution in [0.2, 0.25) is 0 Å². The first-order valence-electron chi connectivity index (χ1n) is 6.48. The van der Waals surface area contributed by atoms with Gasteiger partial charge in [0, 0.05) is 43.3 Å². The summed E-state index contributed by atoms with van der Waals surface area (Å²) in [4.78, 5) is 27.7. The fraction of sp³-hybridized carbons (Fsp3) is 0.200. The summed E-state index contributed by atoms with van der Waals surface area (Å²) >= 11 is 0. The van der Waals surface area contributed by atoms with Gasteiger partial charge in [0.1, 0.15) is 0 Å². The maximum atomic E-state index is 9.59. The molecule has 2 heterocycles. The summed E-state index contributed by atoms with van der Waals surface area (Å²) in [5.74, 6) is -2.67. The number of nitrogens with one attached hydrogen (secondary N) is 1. The molecule has 9 heteroatoms. The zero-order valence-electron chi connectivity index (χ0n) is 12.5. The zero-order valence-corrected chi connectivity index (χ0v) is 15.0. The fourth-order valence-electron chi connectivity index (χ4n) is 1.46. The second-order valence-electron chi connectivity index (χ2n) is 4.17. The summed E-state index contributed by atoms with van der Waals surface area (Å²) in [5, 5.41) is 21.2. The number of carbonyl (C=O) groups excluding carboxylic acids is 2. The Kier molecular flexibility index (Phi) is 14.9. The van der Waals surface area contributed by atoms with Gasteiger partial charge in [0.05, 0.1) is 11.9 Å². The quantitative estimate of drug-likeness (QED) is 0.450. The normalized spacial score (nSPS) is 8.67. The molecule has 2 rings (SSSR count). The molecule has 1 radical (unpaired) electrons. The number of carbonyl (C=O) groups is 2. The topological polar surface area (TPSA) is 118 Å². The monoisotopic (exact) mass is 438 g/mol. The van der Waals surface area contributed by atoms with Crippen LogP contribution >= 0.6 is 0 Å². The molecular weight excluding hydrogens is 423 g/mol. The summed E-state index contributed by atoms with van der Waals surface area (Å²) in [6.07, 6.45) is 4.41. The summed E-state index contributed by atoms with van der Waals surface area (Å²) < 4.78 is 0. The van der Waals surface area contributed by atoms with Crippen LogP contribution in [0.3, 0.4) is 0 Å². The van der Waals surface area contributed by atoms with Gasteiger partial charge < -0.3 is 37.5 Å². The first kappa shape index (κ1) is 24.4. The molecule has 0 atom stereocenters. The Morgan fingerprint density at radius 1 is 0.875 bits per heavy atom. The van der Waals surface area contributed by atoms with E-state index in [0.29, 0.717) is 0 Å². The van der Waals surface area contributed by atoms with Crippen molar-refractivity contribution >= 4 is 11.9 Å². The van der Waals surface area contributed by atoms with Crippen LogP contribution in [0, 0.1) is 0 Å². The number of hydrogen-bond acceptors (Lipinski definition) is 7. The van der Waals surface area contributed by atoms with Crippen molar-refractivity contribution in [3.8, 4) is 0 Å². The van der Waals surface area contributed by atoms with E-state index in [2.05, 4.69) is 15.3 Å². The first-order chi connectivity index (χ1) is 10.6. The summed E-state index contributed by atoms with van der Waals surface area (Å²) in [7, 11) is 0. The standard InChI is InChI=1S/C11H10N2.C4H7NO4.ClH.Ru/c1-3-7-12-10(5-1)9-11-6-2-4-8-13-11;6-3(7)1-5-2-4(8)9;;/h1-8H,9H2;5H,1-2H2,(H,6,7)(H,8,9);1H;/q;;;+3/p-3. The van der Waals surface area contributed by atoms with Gasteiger partial charge in [0.25, 0.3) is 0 Å². The van der Waals surface area contributed by atoms with Gasteiger partial charge in [-0.2, -0.15) is 0 Å². The number of carboxylic acids is 2. The molecule has 0 aliphatic carbocycles. The second-order valence-corrected chi connectivity index (χ2v) is 4.17. The Hall–Kier alpha value is -1.89. The largest absolute Gasteiger partial charge is 3.00 e. The van der Waals surface area contributed by atoms with Gasteiger partial charge in [0.2, 0.25) is 0 Å². The van der Waals surface area contributed by atoms with Crippen LogP contribution in [0.4, 0.5) is 0 Å². The molecule has 0 unspecified atom stereocenters. The van der Waals surface area contributed by atoms with E-state index in [9.17, 15) is 19.8 Å². The maximum Gasteiger partial charge on any atom is 3.00 e. The van der Waals surface area contributed by atoms with Crippen molar-refractivity contribution in [3.05, 3.63) is 60.2 Å². The van der Waals surface area contributed by atoms with Crippen LogP contribution in [0.1, 0.15) is 11.4 Å². The summed E-state index contributed by atoms with van der Waals surface area (Å²) in [6, 6.07) is 11.8. The molecule has 1 N–H and O–H groups in total. The van der Waals surface area contributed by atoms with Crippen molar-refractivity contribution in [2.45, 2.75) is 6.42 Å². The number of rotatable bonds is 6. The van der Waals surface area contributed by atoms with Gasteiger partial charge in [0.15, 0.2) is 0 Å². The van der Waals surface area contributed by atoms with E-state index in [1.807, 2.05) is 36.4 Å². The maximum absolute atomic E-state index is 9.59. The number of pyridine rings is 2. The van der Waals surface area contributed by atoms with Gasteiger partial charge in [-0.25, -0.2) is 0 Å². The van der Waals surface area contributed by atoms with Crippen LogP contribution < -0.4 is 27.9 Å². The van der Waals surface area contributed by atoms with Crippen LogP contribution in [0.5, 0.6) is 0 Å². The van der Waals surface area contributed by atoms with Gasteiger partial charge in [-0.15, -0.1) is 0 Å². The van der Waals surface area contributed by atoms with Crippen molar-refractivity contribution in [3.63, 3.8) is 0 Å². The van der Waals surface area contributed by atoms with E-state index in [4.69, 9.17) is 0 Å². The Labute approximate surface area is 158 Å². The van der Waals surface area contributed by atoms with E-state index in [-0.39, 0.29) is 31.9 Å². The molecular formula is C15H15ClN3O4Ru. The third-order valence-electron chi connectivity index (χ3n) is 2.35. The van der Waals surface area contributed by atoms with Crippen molar-refractivity contribution in [1.29, 1.82) is 0 Å². The van der Waals surface area contributed by atoms with E-state index in [1.165, 1.54) is 0 Å². The Balaban J connectivity index is 0. The number of nitrogens with zero attached hydrogens (tertiary/aromatic N) is 2. The molecule has 0 aliphatic rings. The SMILES string of the molecule is O=C([O-])CNCC(=O)[O-].[Cl-].[Ru+3].c1ccc(Cc2ccccn2)nc1. The Bertz CT molecular complexity index is 536. The molecule has 0 saturated carbocycles. The van der Waals surface area contributed by atoms with Crippen molar-refractivity contribution in [2.24, 2.45) is 0 Å². The van der Waals surface area contributed by atoms with E-state index >= 15 is 0 Å².